The van der Waals surface area contributed by atoms with E-state index in [4.69, 9.17) is 10.7 Å². The van der Waals surface area contributed by atoms with Crippen LogP contribution in [0.15, 0.2) is 83.9 Å². The van der Waals surface area contributed by atoms with Crippen LogP contribution in [0.5, 0.6) is 0 Å². The van der Waals surface area contributed by atoms with Crippen molar-refractivity contribution in [1.82, 2.24) is 5.32 Å². The number of nitrogens with one attached hydrogen (secondary N) is 1. The lowest BCUT2D eigenvalue weighted by Gasteiger charge is -2.30. The van der Waals surface area contributed by atoms with Gasteiger partial charge in [-0.25, -0.2) is 0 Å². The smallest absolute Gasteiger partial charge is 0.220 e. The van der Waals surface area contributed by atoms with Gasteiger partial charge in [-0.05, 0) is 31.9 Å². The molecule has 35 heavy (non-hydrogen) atoms. The topological polar surface area (TPSA) is 87.8 Å². The Labute approximate surface area is 206 Å². The number of fused-ring (bicyclic) bond motifs is 1. The maximum atomic E-state index is 13.6. The minimum Gasteiger partial charge on any atom is -0.356 e. The quantitative estimate of drug-likeness (QED) is 0.554. The van der Waals surface area contributed by atoms with Crippen molar-refractivity contribution >= 4 is 23.1 Å². The summed E-state index contributed by atoms with van der Waals surface area (Å²) in [5.41, 5.74) is 12.3. The van der Waals surface area contributed by atoms with Gasteiger partial charge in [0.1, 0.15) is 12.2 Å². The summed E-state index contributed by atoms with van der Waals surface area (Å²) in [4.78, 5) is 33.0. The van der Waals surface area contributed by atoms with E-state index in [-0.39, 0.29) is 11.7 Å². The minimum atomic E-state index is -0.838. The molecule has 6 heteroatoms. The second kappa shape index (κ2) is 10.7. The summed E-state index contributed by atoms with van der Waals surface area (Å²) in [5.74, 6) is -0.383. The molecule has 3 aromatic rings. The fourth-order valence-electron chi connectivity index (χ4n) is 4.35. The zero-order valence-corrected chi connectivity index (χ0v) is 20.4. The standard InChI is InChI=1S/C29H32N4O2/c1-19-13-15-21(16-14-19)17-18-25(34)31-20(2)28(35)27-29(30)33(3)24-12-8-7-11-23(24)26(32-27)22-9-5-4-6-10-22/h4-16,20,27,29H,17-18,30H2,1-3H3,(H,31,34)/t20?,27?,29-/m0/s1. The summed E-state index contributed by atoms with van der Waals surface area (Å²) < 4.78 is 0. The summed E-state index contributed by atoms with van der Waals surface area (Å²) in [5, 5.41) is 2.86. The average Bonchev–Trinajstić information content (AvgIpc) is 2.98. The molecule has 0 saturated carbocycles. The van der Waals surface area contributed by atoms with E-state index in [0.717, 1.165) is 28.1 Å². The summed E-state index contributed by atoms with van der Waals surface area (Å²) in [6.45, 7) is 3.73. The van der Waals surface area contributed by atoms with Crippen molar-refractivity contribution in [3.05, 3.63) is 101 Å². The molecular weight excluding hydrogens is 436 g/mol. The first-order chi connectivity index (χ1) is 16.8. The summed E-state index contributed by atoms with van der Waals surface area (Å²) >= 11 is 0. The number of benzodiazepines with no additional fused rings is 1. The number of rotatable bonds is 7. The first-order valence-corrected chi connectivity index (χ1v) is 11.9. The van der Waals surface area contributed by atoms with Gasteiger partial charge in [0.2, 0.25) is 5.91 Å². The molecule has 3 atom stereocenters. The number of aryl methyl sites for hydroxylation is 2. The van der Waals surface area contributed by atoms with Crippen LogP contribution in [0.1, 0.15) is 35.6 Å². The molecule has 4 rings (SSSR count). The zero-order valence-electron chi connectivity index (χ0n) is 20.4. The number of aliphatic imine (C=N–C) groups is 1. The van der Waals surface area contributed by atoms with E-state index >= 15 is 0 Å². The third-order valence-corrected chi connectivity index (χ3v) is 6.48. The average molecular weight is 469 g/mol. The number of nitrogens with two attached hydrogens (primary N) is 1. The lowest BCUT2D eigenvalue weighted by Crippen LogP contribution is -2.55. The molecule has 0 spiro atoms. The van der Waals surface area contributed by atoms with Gasteiger partial charge < -0.3 is 16.0 Å². The Hall–Kier alpha value is -3.77. The van der Waals surface area contributed by atoms with Crippen LogP contribution in [0.4, 0.5) is 5.69 Å². The van der Waals surface area contributed by atoms with Gasteiger partial charge in [0, 0.05) is 30.3 Å². The Balaban J connectivity index is 1.54. The second-order valence-electron chi connectivity index (χ2n) is 9.08. The molecule has 0 saturated heterocycles. The van der Waals surface area contributed by atoms with Crippen LogP contribution in [0.25, 0.3) is 0 Å². The number of nitrogens with zero attached hydrogens (tertiary/aromatic N) is 2. The number of ketones is 1. The van der Waals surface area contributed by atoms with E-state index < -0.39 is 18.2 Å². The van der Waals surface area contributed by atoms with Gasteiger partial charge in [0.25, 0.3) is 0 Å². The van der Waals surface area contributed by atoms with Crippen LogP contribution < -0.4 is 16.0 Å². The van der Waals surface area contributed by atoms with Crippen LogP contribution >= 0.6 is 0 Å². The monoisotopic (exact) mass is 468 g/mol. The maximum absolute atomic E-state index is 13.6. The van der Waals surface area contributed by atoms with E-state index in [1.807, 2.05) is 97.7 Å². The predicted molar refractivity (Wildman–Crippen MR) is 141 cm³/mol. The molecule has 0 aliphatic carbocycles. The molecule has 0 radical (unpaired) electrons. The normalized spacial score (nSPS) is 18.2. The molecule has 180 valence electrons. The van der Waals surface area contributed by atoms with Crippen LogP contribution in [-0.4, -0.2) is 42.7 Å². The highest BCUT2D eigenvalue weighted by Crippen LogP contribution is 2.29. The van der Waals surface area contributed by atoms with E-state index in [2.05, 4.69) is 5.32 Å². The third-order valence-electron chi connectivity index (χ3n) is 6.48. The maximum Gasteiger partial charge on any atom is 0.220 e. The molecule has 1 aliphatic rings. The molecule has 3 aromatic carbocycles. The SMILES string of the molecule is Cc1ccc(CCC(=O)NC(C)C(=O)C2N=C(c3ccccc3)c3ccccc3N(C)[C@@H]2N)cc1. The highest BCUT2D eigenvalue weighted by molar-refractivity contribution is 6.17. The number of amides is 1. The molecule has 0 fully saturated rings. The van der Waals surface area contributed by atoms with Gasteiger partial charge in [-0.1, -0.05) is 78.4 Å². The third kappa shape index (κ3) is 5.49. The lowest BCUT2D eigenvalue weighted by atomic mass is 10.00. The summed E-state index contributed by atoms with van der Waals surface area (Å²) in [6, 6.07) is 24.2. The molecule has 1 aliphatic heterocycles. The fraction of sp³-hybridized carbons (Fsp3) is 0.276. The summed E-state index contributed by atoms with van der Waals surface area (Å²) in [6.07, 6.45) is 0.253. The van der Waals surface area contributed by atoms with Crippen molar-refractivity contribution in [2.45, 2.75) is 44.9 Å². The highest BCUT2D eigenvalue weighted by Gasteiger charge is 2.36. The van der Waals surface area contributed by atoms with Crippen molar-refractivity contribution in [3.63, 3.8) is 0 Å². The van der Waals surface area contributed by atoms with E-state index in [0.29, 0.717) is 12.8 Å². The number of carbonyl (C=O) groups is 2. The zero-order chi connectivity index (χ0) is 24.9. The van der Waals surface area contributed by atoms with Gasteiger partial charge >= 0.3 is 0 Å². The lowest BCUT2D eigenvalue weighted by molar-refractivity contribution is -0.128. The second-order valence-corrected chi connectivity index (χ2v) is 9.08. The van der Waals surface area contributed by atoms with Crippen LogP contribution in [0.3, 0.4) is 0 Å². The van der Waals surface area contributed by atoms with Gasteiger partial charge in [-0.3, -0.25) is 14.6 Å². The first kappa shape index (κ1) is 24.4. The molecule has 1 heterocycles. The van der Waals surface area contributed by atoms with Gasteiger partial charge in [-0.2, -0.15) is 0 Å². The Morgan fingerprint density at radius 2 is 1.66 bits per heavy atom. The fourth-order valence-corrected chi connectivity index (χ4v) is 4.35. The predicted octanol–water partition coefficient (Wildman–Crippen LogP) is 3.64. The van der Waals surface area contributed by atoms with E-state index in [1.165, 1.54) is 5.56 Å². The molecule has 2 unspecified atom stereocenters. The molecule has 6 nitrogen and oxygen atoms in total. The Bertz CT molecular complexity index is 1220. The minimum absolute atomic E-state index is 0.169. The Morgan fingerprint density at radius 3 is 2.37 bits per heavy atom. The van der Waals surface area contributed by atoms with Crippen molar-refractivity contribution in [2.24, 2.45) is 10.7 Å². The molecule has 0 bridgehead atoms. The number of benzene rings is 3. The first-order valence-electron chi connectivity index (χ1n) is 11.9. The Morgan fingerprint density at radius 1 is 1.00 bits per heavy atom. The van der Waals surface area contributed by atoms with E-state index in [1.54, 1.807) is 6.92 Å². The van der Waals surface area contributed by atoms with Crippen LogP contribution in [0.2, 0.25) is 0 Å². The van der Waals surface area contributed by atoms with Gasteiger partial charge in [0.15, 0.2) is 5.78 Å². The number of likely N-dealkylation sites (N-methyl/N-ethyl adjacent to an activating group) is 1. The molecule has 1 amide bonds. The number of hydrogen-bond acceptors (Lipinski definition) is 5. The van der Waals surface area contributed by atoms with Crippen LogP contribution in [-0.2, 0) is 16.0 Å². The summed E-state index contributed by atoms with van der Waals surface area (Å²) in [7, 11) is 1.87. The molecular formula is C29H32N4O2. The number of carbonyl (C=O) groups excluding carboxylic acids is 2. The van der Waals surface area contributed by atoms with Gasteiger partial charge in [-0.15, -0.1) is 0 Å². The number of hydrogen-bond donors (Lipinski definition) is 2. The highest BCUT2D eigenvalue weighted by atomic mass is 16.2. The van der Waals surface area contributed by atoms with Crippen molar-refractivity contribution < 1.29 is 9.59 Å². The van der Waals surface area contributed by atoms with Crippen molar-refractivity contribution in [2.75, 3.05) is 11.9 Å². The largest absolute Gasteiger partial charge is 0.356 e. The van der Waals surface area contributed by atoms with Crippen molar-refractivity contribution in [1.29, 1.82) is 0 Å². The Kier molecular flexibility index (Phi) is 7.42. The van der Waals surface area contributed by atoms with E-state index in [9.17, 15) is 9.59 Å². The van der Waals surface area contributed by atoms with Crippen LogP contribution in [0, 0.1) is 6.92 Å². The number of anilines is 1. The number of Topliss-reactive ketones (excluding diaryl/α,β-unsaturated/α-hetero) is 1. The molecule has 0 aromatic heterocycles. The van der Waals surface area contributed by atoms with Gasteiger partial charge in [0.05, 0.1) is 11.8 Å². The number of para-hydroxylation sites is 1. The molecule has 3 N–H and O–H groups in total. The van der Waals surface area contributed by atoms with Crippen molar-refractivity contribution in [3.8, 4) is 0 Å².